The smallest absolute Gasteiger partial charge is 0.256 e. The molecule has 8 heteroatoms. The zero-order valence-electron chi connectivity index (χ0n) is 17.4. The van der Waals surface area contributed by atoms with Crippen LogP contribution in [0.25, 0.3) is 0 Å². The maximum atomic E-state index is 15.1. The zero-order chi connectivity index (χ0) is 21.4. The number of rotatable bonds is 2. The Bertz CT molecular complexity index is 988. The van der Waals surface area contributed by atoms with E-state index in [0.29, 0.717) is 41.5 Å². The maximum Gasteiger partial charge on any atom is 0.256 e. The topological polar surface area (TPSA) is 57.7 Å². The summed E-state index contributed by atoms with van der Waals surface area (Å²) in [4.78, 5) is 21.3. The highest BCUT2D eigenvalue weighted by Crippen LogP contribution is 2.40. The van der Waals surface area contributed by atoms with Gasteiger partial charge in [0.2, 0.25) is 0 Å². The van der Waals surface area contributed by atoms with Gasteiger partial charge < -0.3 is 19.9 Å². The molecule has 2 fully saturated rings. The highest BCUT2D eigenvalue weighted by atomic mass is 19.1. The number of hydrogen-bond acceptors (Lipinski definition) is 5. The Kier molecular flexibility index (Phi) is 5.48. The fraction of sp³-hybridized carbons (Fsp3) is 0.478. The Morgan fingerprint density at radius 2 is 1.90 bits per heavy atom. The first-order valence-corrected chi connectivity index (χ1v) is 11.0. The third-order valence-electron chi connectivity index (χ3n) is 6.29. The van der Waals surface area contributed by atoms with Crippen LogP contribution in [-0.2, 0) is 16.1 Å². The molecule has 1 amide bonds. The van der Waals surface area contributed by atoms with Crippen LogP contribution in [0.2, 0.25) is 0 Å². The van der Waals surface area contributed by atoms with Crippen molar-refractivity contribution in [2.45, 2.75) is 51.2 Å². The lowest BCUT2D eigenvalue weighted by Gasteiger charge is -2.32. The average Bonchev–Trinajstić information content (AvgIpc) is 2.95. The van der Waals surface area contributed by atoms with E-state index in [-0.39, 0.29) is 18.3 Å². The van der Waals surface area contributed by atoms with Gasteiger partial charge in [0.15, 0.2) is 0 Å². The van der Waals surface area contributed by atoms with Crippen LogP contribution in [-0.4, -0.2) is 36.7 Å². The third kappa shape index (κ3) is 3.96. The number of nitrogens with one attached hydrogen (secondary N) is 1. The van der Waals surface area contributed by atoms with Crippen molar-refractivity contribution >= 4 is 28.8 Å². The van der Waals surface area contributed by atoms with Crippen molar-refractivity contribution in [1.29, 1.82) is 0 Å². The molecule has 0 aliphatic carbocycles. The number of piperidine rings is 1. The van der Waals surface area contributed by atoms with Gasteiger partial charge in [-0.2, -0.15) is 0 Å². The molecule has 3 aliphatic heterocycles. The molecule has 5 rings (SSSR count). The molecule has 1 aromatic heterocycles. The number of amides is 1. The van der Waals surface area contributed by atoms with Crippen LogP contribution >= 0.6 is 0 Å². The van der Waals surface area contributed by atoms with Gasteiger partial charge in [0.25, 0.3) is 5.91 Å². The molecule has 2 saturated heterocycles. The molecule has 0 saturated carbocycles. The minimum absolute atomic E-state index is 0.143. The van der Waals surface area contributed by atoms with E-state index in [9.17, 15) is 9.18 Å². The summed E-state index contributed by atoms with van der Waals surface area (Å²) in [5.74, 6) is -0.586. The van der Waals surface area contributed by atoms with Crippen molar-refractivity contribution in [2.75, 3.05) is 34.8 Å². The Morgan fingerprint density at radius 1 is 1.06 bits per heavy atom. The molecule has 164 valence electrons. The van der Waals surface area contributed by atoms with Crippen LogP contribution in [0.1, 0.15) is 44.1 Å². The highest BCUT2D eigenvalue weighted by Gasteiger charge is 2.33. The predicted molar refractivity (Wildman–Crippen MR) is 115 cm³/mol. The molecule has 1 unspecified atom stereocenters. The molecule has 3 aliphatic rings. The highest BCUT2D eigenvalue weighted by molar-refractivity contribution is 6.01. The molecule has 2 aromatic rings. The Hall–Kier alpha value is -2.74. The Balaban J connectivity index is 1.59. The summed E-state index contributed by atoms with van der Waals surface area (Å²) in [7, 11) is 0. The SMILES string of the molecule is O=C(C1CCCCO1)N1Cc2cc(F)cnc2Nc2cc(F)c(N3CCCCC3)cc21. The Labute approximate surface area is 180 Å². The van der Waals surface area contributed by atoms with Gasteiger partial charge in [0.1, 0.15) is 23.6 Å². The van der Waals surface area contributed by atoms with E-state index in [4.69, 9.17) is 4.74 Å². The predicted octanol–water partition coefficient (Wildman–Crippen LogP) is 4.51. The van der Waals surface area contributed by atoms with Crippen molar-refractivity contribution in [3.05, 3.63) is 41.6 Å². The van der Waals surface area contributed by atoms with Crippen LogP contribution < -0.4 is 15.1 Å². The number of halogens is 2. The summed E-state index contributed by atoms with van der Waals surface area (Å²) in [5.41, 5.74) is 2.05. The number of aromatic nitrogens is 1. The summed E-state index contributed by atoms with van der Waals surface area (Å²) < 4.78 is 34.8. The molecule has 4 heterocycles. The maximum absolute atomic E-state index is 15.1. The number of nitrogens with zero attached hydrogens (tertiary/aromatic N) is 3. The van der Waals surface area contributed by atoms with Crippen molar-refractivity contribution < 1.29 is 18.3 Å². The lowest BCUT2D eigenvalue weighted by Crippen LogP contribution is -2.41. The zero-order valence-corrected chi connectivity index (χ0v) is 17.4. The van der Waals surface area contributed by atoms with Crippen molar-refractivity contribution in [1.82, 2.24) is 4.98 Å². The van der Waals surface area contributed by atoms with E-state index in [1.165, 1.54) is 12.1 Å². The molecule has 31 heavy (non-hydrogen) atoms. The molecule has 0 spiro atoms. The van der Waals surface area contributed by atoms with Gasteiger partial charge >= 0.3 is 0 Å². The summed E-state index contributed by atoms with van der Waals surface area (Å²) >= 11 is 0. The number of fused-ring (bicyclic) bond motifs is 2. The van der Waals surface area contributed by atoms with Crippen molar-refractivity contribution in [2.24, 2.45) is 0 Å². The summed E-state index contributed by atoms with van der Waals surface area (Å²) in [5, 5.41) is 3.12. The van der Waals surface area contributed by atoms with Gasteiger partial charge in [-0.05, 0) is 50.7 Å². The fourth-order valence-corrected chi connectivity index (χ4v) is 4.65. The monoisotopic (exact) mass is 428 g/mol. The third-order valence-corrected chi connectivity index (χ3v) is 6.29. The van der Waals surface area contributed by atoms with E-state index < -0.39 is 11.9 Å². The molecule has 1 N–H and O–H groups in total. The first-order valence-electron chi connectivity index (χ1n) is 11.0. The first kappa shape index (κ1) is 20.2. The van der Waals surface area contributed by atoms with Gasteiger partial charge in [-0.3, -0.25) is 4.79 Å². The second-order valence-corrected chi connectivity index (χ2v) is 8.43. The van der Waals surface area contributed by atoms with Gasteiger partial charge in [0, 0.05) is 31.3 Å². The van der Waals surface area contributed by atoms with E-state index in [1.54, 1.807) is 11.0 Å². The van der Waals surface area contributed by atoms with Crippen LogP contribution in [0.3, 0.4) is 0 Å². The first-order chi connectivity index (χ1) is 15.1. The standard InChI is InChI=1S/C23H26F2N4O2/c24-16-10-15-14-29(23(30)21-6-2-5-9-31-21)20-12-19(28-7-3-1-4-8-28)17(25)11-18(20)27-22(15)26-13-16/h10-13,21H,1-9,14H2,(H,26,27). The van der Waals surface area contributed by atoms with Gasteiger partial charge in [-0.25, -0.2) is 13.8 Å². The second kappa shape index (κ2) is 8.42. The Morgan fingerprint density at radius 3 is 2.68 bits per heavy atom. The van der Waals surface area contributed by atoms with Crippen LogP contribution in [0, 0.1) is 11.6 Å². The van der Waals surface area contributed by atoms with Crippen LogP contribution in [0.4, 0.5) is 31.7 Å². The fourth-order valence-electron chi connectivity index (χ4n) is 4.65. The largest absolute Gasteiger partial charge is 0.369 e. The van der Waals surface area contributed by atoms with Crippen LogP contribution in [0.15, 0.2) is 24.4 Å². The summed E-state index contributed by atoms with van der Waals surface area (Å²) in [6, 6.07) is 4.53. The lowest BCUT2D eigenvalue weighted by atomic mass is 10.1. The van der Waals surface area contributed by atoms with Crippen molar-refractivity contribution in [3.63, 3.8) is 0 Å². The number of pyridine rings is 1. The number of ether oxygens (including phenoxy) is 1. The quantitative estimate of drug-likeness (QED) is 0.763. The minimum Gasteiger partial charge on any atom is -0.369 e. The van der Waals surface area contributed by atoms with Crippen molar-refractivity contribution in [3.8, 4) is 0 Å². The molecule has 1 aromatic carbocycles. The number of anilines is 4. The van der Waals surface area contributed by atoms with E-state index in [0.717, 1.165) is 51.4 Å². The molecular formula is C23H26F2N4O2. The van der Waals surface area contributed by atoms with Gasteiger partial charge in [-0.15, -0.1) is 0 Å². The number of hydrogen-bond donors (Lipinski definition) is 1. The minimum atomic E-state index is -0.548. The van der Waals surface area contributed by atoms with Gasteiger partial charge in [-0.1, -0.05) is 0 Å². The average molecular weight is 428 g/mol. The summed E-state index contributed by atoms with van der Waals surface area (Å²) in [6.07, 6.45) is 6.24. The number of carbonyl (C=O) groups excluding carboxylic acids is 1. The van der Waals surface area contributed by atoms with E-state index >= 15 is 4.39 Å². The molecule has 6 nitrogen and oxygen atoms in total. The van der Waals surface area contributed by atoms with Crippen LogP contribution in [0.5, 0.6) is 0 Å². The summed E-state index contributed by atoms with van der Waals surface area (Å²) in [6.45, 7) is 2.26. The molecule has 1 atom stereocenters. The number of carbonyl (C=O) groups is 1. The molecule has 0 bridgehead atoms. The van der Waals surface area contributed by atoms with E-state index in [2.05, 4.69) is 10.3 Å². The molecular weight excluding hydrogens is 402 g/mol. The number of benzene rings is 1. The lowest BCUT2D eigenvalue weighted by molar-refractivity contribution is -0.132. The normalized spacial score (nSPS) is 21.0. The van der Waals surface area contributed by atoms with E-state index in [1.807, 2.05) is 4.90 Å². The second-order valence-electron chi connectivity index (χ2n) is 8.43. The van der Waals surface area contributed by atoms with Gasteiger partial charge in [0.05, 0.1) is 29.8 Å². The molecule has 0 radical (unpaired) electrons.